The maximum absolute atomic E-state index is 16.2. The summed E-state index contributed by atoms with van der Waals surface area (Å²) in [6, 6.07) is 7.24. The Hall–Kier alpha value is -4.31. The summed E-state index contributed by atoms with van der Waals surface area (Å²) in [5, 5.41) is 0.0943. The summed E-state index contributed by atoms with van der Waals surface area (Å²) in [4.78, 5) is 76.2. The van der Waals surface area contributed by atoms with Gasteiger partial charge in [-0.2, -0.15) is 0 Å². The first-order valence-corrected chi connectivity index (χ1v) is 27.6. The highest BCUT2D eigenvalue weighted by atomic mass is 35.5. The summed E-state index contributed by atoms with van der Waals surface area (Å²) in [7, 11) is 2.20. The standard InChI is InChI=1S/C56H67ClF2N4O8S/c1-7-53(4)24-43(70-44(65)27-72-33-20-31-12-13-32(21-33)61(31)6)54(5)29(2)14-16-56(17-15-40(64)49(54)56)30(3)50(53)71-51(67)34-10-8-9-11-41(34)69-52(68)36-25-63(39-23-37(39)58)46-35(48(36)66)22-38(59)47(45(46)57)62-26-42(60)55(28-62)18-19-55/h7-11,22,25,29-33,37,39,42-43,49-50H,1,12-21,23-24,26-28,60H2,2-6H3/t29?,30-,31?,32?,33?,37+,39?,42-,43+,49?,50+,53+,54-,56?/m1/s1. The first-order chi connectivity index (χ1) is 34.2. The zero-order chi connectivity index (χ0) is 51.0. The zero-order valence-electron chi connectivity index (χ0n) is 41.9. The van der Waals surface area contributed by atoms with E-state index in [9.17, 15) is 28.4 Å². The molecule has 8 aliphatic rings. The minimum absolute atomic E-state index is 0.0571. The number of hydrogen-bond acceptors (Lipinski definition) is 12. The van der Waals surface area contributed by atoms with Gasteiger partial charge in [-0.05, 0) is 101 Å². The van der Waals surface area contributed by atoms with E-state index in [-0.39, 0.29) is 86.6 Å². The summed E-state index contributed by atoms with van der Waals surface area (Å²) in [5.41, 5.74) is 2.85. The van der Waals surface area contributed by atoms with Crippen molar-refractivity contribution in [1.82, 2.24) is 9.47 Å². The van der Waals surface area contributed by atoms with Crippen LogP contribution in [-0.2, 0) is 19.1 Å². The number of aromatic nitrogens is 1. The molecule has 16 heteroatoms. The number of ketones is 1. The van der Waals surface area contributed by atoms with Crippen LogP contribution in [0.15, 0.2) is 54.0 Å². The number of pyridine rings is 1. The van der Waals surface area contributed by atoms with Crippen LogP contribution in [0.3, 0.4) is 0 Å². The lowest BCUT2D eigenvalue weighted by Gasteiger charge is -2.62. The van der Waals surface area contributed by atoms with Crippen LogP contribution in [0.1, 0.15) is 132 Å². The van der Waals surface area contributed by atoms with Crippen molar-refractivity contribution < 1.29 is 42.2 Å². The number of halogens is 3. The molecule has 1 spiro atoms. The van der Waals surface area contributed by atoms with Gasteiger partial charge >= 0.3 is 17.9 Å². The van der Waals surface area contributed by atoms with Crippen molar-refractivity contribution in [3.8, 4) is 5.75 Å². The molecule has 2 N–H and O–H groups in total. The number of carbonyl (C=O) groups excluding carboxylic acids is 4. The number of nitrogens with two attached hydrogens (primary N) is 1. The molecule has 2 aromatic carbocycles. The number of fused-ring (bicyclic) bond motifs is 3. The first-order valence-electron chi connectivity index (χ1n) is 26.2. The van der Waals surface area contributed by atoms with E-state index in [4.69, 9.17) is 31.5 Å². The van der Waals surface area contributed by atoms with Gasteiger partial charge in [0.05, 0.1) is 33.4 Å². The highest BCUT2D eigenvalue weighted by Gasteiger charge is 2.69. The quantitative estimate of drug-likeness (QED) is 0.111. The van der Waals surface area contributed by atoms with Crippen LogP contribution in [0.5, 0.6) is 5.75 Å². The molecule has 0 radical (unpaired) electrons. The van der Waals surface area contributed by atoms with Gasteiger partial charge in [0, 0.05) is 83.6 Å². The number of carbonyl (C=O) groups is 4. The number of esters is 3. The minimum Gasteiger partial charge on any atom is -0.461 e. The fraction of sp³-hybridized carbons (Fsp3) is 0.625. The van der Waals surface area contributed by atoms with Crippen molar-refractivity contribution in [2.45, 2.75) is 153 Å². The van der Waals surface area contributed by atoms with E-state index in [0.29, 0.717) is 43.3 Å². The Morgan fingerprint density at radius 1 is 0.986 bits per heavy atom. The van der Waals surface area contributed by atoms with Gasteiger partial charge in [0.2, 0.25) is 5.43 Å². The Kier molecular flexibility index (Phi) is 12.4. The van der Waals surface area contributed by atoms with Gasteiger partial charge in [-0.25, -0.2) is 18.4 Å². The lowest BCUT2D eigenvalue weighted by molar-refractivity contribution is -0.205. The van der Waals surface area contributed by atoms with Crippen LogP contribution >= 0.6 is 23.4 Å². The third kappa shape index (κ3) is 7.89. The largest absolute Gasteiger partial charge is 0.461 e. The van der Waals surface area contributed by atoms with Crippen molar-refractivity contribution in [2.24, 2.45) is 45.1 Å². The third-order valence-electron chi connectivity index (χ3n) is 19.9. The minimum atomic E-state index is -1.29. The lowest BCUT2D eigenvalue weighted by Crippen LogP contribution is -2.63. The van der Waals surface area contributed by atoms with E-state index in [1.165, 1.54) is 35.7 Å². The Morgan fingerprint density at radius 3 is 2.36 bits per heavy atom. The Morgan fingerprint density at radius 2 is 1.69 bits per heavy atom. The molecule has 8 fully saturated rings. The van der Waals surface area contributed by atoms with E-state index in [1.54, 1.807) is 34.9 Å². The molecule has 4 heterocycles. The van der Waals surface area contributed by atoms with E-state index < -0.39 is 75.3 Å². The van der Waals surface area contributed by atoms with Crippen LogP contribution in [0.25, 0.3) is 10.9 Å². The van der Waals surface area contributed by atoms with Crippen LogP contribution < -0.4 is 20.8 Å². The first kappa shape index (κ1) is 49.9. The number of anilines is 1. The van der Waals surface area contributed by atoms with Crippen molar-refractivity contribution in [3.63, 3.8) is 0 Å². The maximum atomic E-state index is 16.2. The average molecular weight is 1030 g/mol. The molecule has 11 rings (SSSR count). The molecule has 5 aliphatic carbocycles. The highest BCUT2D eigenvalue weighted by Crippen LogP contribution is 2.68. The van der Waals surface area contributed by atoms with Gasteiger partial charge in [-0.3, -0.25) is 14.4 Å². The second kappa shape index (κ2) is 17.9. The smallest absolute Gasteiger partial charge is 0.349 e. The number of thioether (sulfide) groups is 1. The maximum Gasteiger partial charge on any atom is 0.349 e. The number of ether oxygens (including phenoxy) is 3. The summed E-state index contributed by atoms with van der Waals surface area (Å²) in [6.45, 7) is 13.5. The molecule has 12 nitrogen and oxygen atoms in total. The Balaban J connectivity index is 0.882. The molecule has 0 amide bonds. The summed E-state index contributed by atoms with van der Waals surface area (Å²) < 4.78 is 51.9. The second-order valence-corrected chi connectivity index (χ2v) is 25.3. The second-order valence-electron chi connectivity index (χ2n) is 23.7. The predicted octanol–water partition coefficient (Wildman–Crippen LogP) is 9.65. The van der Waals surface area contributed by atoms with E-state index in [0.717, 1.165) is 44.6 Å². The molecule has 6 unspecified atom stereocenters. The van der Waals surface area contributed by atoms with Gasteiger partial charge in [-0.1, -0.05) is 57.5 Å². The van der Waals surface area contributed by atoms with Crippen molar-refractivity contribution >= 4 is 63.6 Å². The van der Waals surface area contributed by atoms with Gasteiger partial charge in [-0.15, -0.1) is 18.3 Å². The highest BCUT2D eigenvalue weighted by molar-refractivity contribution is 8.00. The summed E-state index contributed by atoms with van der Waals surface area (Å²) in [6.07, 6.45) is 9.30. The number of alkyl halides is 1. The fourth-order valence-electron chi connectivity index (χ4n) is 15.1. The van der Waals surface area contributed by atoms with Crippen LogP contribution in [0.2, 0.25) is 5.02 Å². The molecule has 5 saturated carbocycles. The molecule has 3 aliphatic heterocycles. The molecule has 3 saturated heterocycles. The SMILES string of the molecule is C=C[C@@]1(C)C[C@H](OC(=O)CSC2CC3CCC(C2)N3C)[C@@]2(C)C(C)CCC3(CCC(=O)C32)[C@H](C)[C@@H]1OC(=O)c1ccccc1OC(=O)c1cn(C2C[C@@H]2F)c2c(Cl)c(N3C[C@@H](N)C4(CC4)C3)c(F)cc2c1=O. The number of hydrogen-bond donors (Lipinski definition) is 1. The summed E-state index contributed by atoms with van der Waals surface area (Å²) in [5.74, 6) is -3.61. The molecule has 72 heavy (non-hydrogen) atoms. The molecule has 4 bridgehead atoms. The summed E-state index contributed by atoms with van der Waals surface area (Å²) >= 11 is 8.66. The molecule has 386 valence electrons. The molecule has 13 atom stereocenters. The van der Waals surface area contributed by atoms with E-state index in [1.807, 2.05) is 6.92 Å². The van der Waals surface area contributed by atoms with Gasteiger partial charge in [0.15, 0.2) is 0 Å². The number of para-hydroxylation sites is 1. The fourth-order valence-corrected chi connectivity index (χ4v) is 16.6. The van der Waals surface area contributed by atoms with Crippen molar-refractivity contribution in [2.75, 3.05) is 30.8 Å². The molecule has 3 aromatic rings. The topological polar surface area (TPSA) is 150 Å². The average Bonchev–Trinajstić information content (AvgIpc) is 4.22. The van der Waals surface area contributed by atoms with Crippen molar-refractivity contribution in [3.05, 3.63) is 81.4 Å². The zero-order valence-corrected chi connectivity index (χ0v) is 43.5. The third-order valence-corrected chi connectivity index (χ3v) is 21.5. The van der Waals surface area contributed by atoms with E-state index >= 15 is 4.39 Å². The van der Waals surface area contributed by atoms with Gasteiger partial charge < -0.3 is 34.3 Å². The predicted molar refractivity (Wildman–Crippen MR) is 273 cm³/mol. The van der Waals surface area contributed by atoms with Gasteiger partial charge in [0.25, 0.3) is 0 Å². The molecular formula is C56H67ClF2N4O8S. The van der Waals surface area contributed by atoms with Gasteiger partial charge in [0.1, 0.15) is 46.9 Å². The monoisotopic (exact) mass is 1030 g/mol. The molecular weight excluding hydrogens is 962 g/mol. The van der Waals surface area contributed by atoms with Crippen LogP contribution in [0, 0.1) is 45.2 Å². The number of benzene rings is 2. The normalized spacial score (nSPS) is 37.5. The number of piperidine rings is 1. The van der Waals surface area contributed by atoms with E-state index in [2.05, 4.69) is 39.3 Å². The van der Waals surface area contributed by atoms with Crippen LogP contribution in [0.4, 0.5) is 14.5 Å². The molecule has 1 aromatic heterocycles. The Labute approximate surface area is 429 Å². The Bertz CT molecular complexity index is 2830. The number of Topliss-reactive ketones (excluding diaryl/α,β-unsaturated/α-hetero) is 1. The number of nitrogens with zero attached hydrogens (tertiary/aromatic N) is 3. The van der Waals surface area contributed by atoms with Crippen LogP contribution in [-0.4, -0.2) is 101 Å². The number of rotatable bonds is 11. The van der Waals surface area contributed by atoms with Crippen molar-refractivity contribution in [1.29, 1.82) is 0 Å². The lowest BCUT2D eigenvalue weighted by atomic mass is 9.44.